The molecule has 154 valence electrons. The number of esters is 1. The van der Waals surface area contributed by atoms with Crippen molar-refractivity contribution in [1.29, 1.82) is 0 Å². The Balaban J connectivity index is 1.63. The van der Waals surface area contributed by atoms with Gasteiger partial charge in [-0.15, -0.1) is 0 Å². The third-order valence-corrected chi connectivity index (χ3v) is 6.16. The minimum atomic E-state index is -3.62. The molecule has 0 spiro atoms. The highest BCUT2D eigenvalue weighted by molar-refractivity contribution is 7.88. The number of carbonyl (C=O) groups is 2. The third kappa shape index (κ3) is 5.21. The van der Waals surface area contributed by atoms with Gasteiger partial charge < -0.3 is 10.1 Å². The van der Waals surface area contributed by atoms with E-state index in [0.29, 0.717) is 0 Å². The standard InChI is InChI=1S/C21H24N2O5S/c1-15(16-8-4-3-5-9-16)22-20(24)14-28-21(25)19-12-17-10-6-7-11-18(17)13-23(19)29(2,26)27/h3-11,15,19H,12-14H2,1-2H3,(H,22,24)/t15-,19+/m1/s1. The number of hydrogen-bond donors (Lipinski definition) is 1. The van der Waals surface area contributed by atoms with E-state index in [0.717, 1.165) is 27.3 Å². The van der Waals surface area contributed by atoms with Crippen molar-refractivity contribution in [3.05, 3.63) is 71.3 Å². The lowest BCUT2D eigenvalue weighted by Crippen LogP contribution is -2.49. The molecule has 29 heavy (non-hydrogen) atoms. The largest absolute Gasteiger partial charge is 0.454 e. The number of fused-ring (bicyclic) bond motifs is 1. The van der Waals surface area contributed by atoms with E-state index in [2.05, 4.69) is 5.32 Å². The van der Waals surface area contributed by atoms with Gasteiger partial charge in [-0.05, 0) is 23.6 Å². The Labute approximate surface area is 170 Å². The SMILES string of the molecule is C[C@@H](NC(=O)COC(=O)[C@@H]1Cc2ccccc2CN1S(C)(=O)=O)c1ccccc1. The average molecular weight is 416 g/mol. The molecule has 2 aromatic carbocycles. The lowest BCUT2D eigenvalue weighted by Gasteiger charge is -2.33. The Morgan fingerprint density at radius 3 is 2.38 bits per heavy atom. The van der Waals surface area contributed by atoms with Crippen LogP contribution in [0.2, 0.25) is 0 Å². The van der Waals surface area contributed by atoms with Crippen molar-refractivity contribution >= 4 is 21.9 Å². The molecular weight excluding hydrogens is 392 g/mol. The minimum Gasteiger partial charge on any atom is -0.454 e. The number of nitrogens with one attached hydrogen (secondary N) is 1. The number of carbonyl (C=O) groups excluding carboxylic acids is 2. The van der Waals surface area contributed by atoms with Crippen molar-refractivity contribution in [2.24, 2.45) is 0 Å². The van der Waals surface area contributed by atoms with Crippen LogP contribution in [0.5, 0.6) is 0 Å². The van der Waals surface area contributed by atoms with Gasteiger partial charge >= 0.3 is 5.97 Å². The van der Waals surface area contributed by atoms with E-state index < -0.39 is 34.5 Å². The lowest BCUT2D eigenvalue weighted by atomic mass is 9.96. The normalized spacial score (nSPS) is 17.8. The van der Waals surface area contributed by atoms with E-state index in [1.54, 1.807) is 0 Å². The maximum Gasteiger partial charge on any atom is 0.325 e. The van der Waals surface area contributed by atoms with Crippen molar-refractivity contribution in [2.75, 3.05) is 12.9 Å². The molecule has 0 radical (unpaired) electrons. The van der Waals surface area contributed by atoms with Gasteiger partial charge in [-0.25, -0.2) is 8.42 Å². The van der Waals surface area contributed by atoms with E-state index in [4.69, 9.17) is 4.74 Å². The first kappa shape index (κ1) is 21.0. The highest BCUT2D eigenvalue weighted by atomic mass is 32.2. The quantitative estimate of drug-likeness (QED) is 0.725. The van der Waals surface area contributed by atoms with Gasteiger partial charge in [0.15, 0.2) is 6.61 Å². The highest BCUT2D eigenvalue weighted by Crippen LogP contribution is 2.26. The molecule has 1 aliphatic heterocycles. The number of ether oxygens (including phenoxy) is 1. The third-order valence-electron chi connectivity index (χ3n) is 4.93. The van der Waals surface area contributed by atoms with Gasteiger partial charge in [0.25, 0.3) is 5.91 Å². The molecule has 1 aliphatic rings. The lowest BCUT2D eigenvalue weighted by molar-refractivity contribution is -0.152. The fourth-order valence-corrected chi connectivity index (χ4v) is 4.39. The summed E-state index contributed by atoms with van der Waals surface area (Å²) in [6, 6.07) is 15.6. The van der Waals surface area contributed by atoms with Crippen LogP contribution >= 0.6 is 0 Å². The van der Waals surface area contributed by atoms with E-state index >= 15 is 0 Å². The number of amides is 1. The summed E-state index contributed by atoms with van der Waals surface area (Å²) in [6.45, 7) is 1.47. The monoisotopic (exact) mass is 416 g/mol. The molecular formula is C21H24N2O5S. The molecule has 0 saturated carbocycles. The van der Waals surface area contributed by atoms with Crippen LogP contribution in [-0.4, -0.2) is 43.5 Å². The second-order valence-corrected chi connectivity index (χ2v) is 9.04. The zero-order valence-corrected chi connectivity index (χ0v) is 17.2. The molecule has 2 aromatic rings. The van der Waals surface area contributed by atoms with E-state index in [-0.39, 0.29) is 19.0 Å². The predicted octanol–water partition coefficient (Wildman–Crippen LogP) is 1.79. The smallest absolute Gasteiger partial charge is 0.325 e. The molecule has 0 aliphatic carbocycles. The van der Waals surface area contributed by atoms with Crippen LogP contribution in [0.3, 0.4) is 0 Å². The summed E-state index contributed by atoms with van der Waals surface area (Å²) in [5.74, 6) is -1.18. The van der Waals surface area contributed by atoms with E-state index in [1.165, 1.54) is 0 Å². The Kier molecular flexibility index (Phi) is 6.34. The Morgan fingerprint density at radius 1 is 1.10 bits per heavy atom. The molecule has 2 atom stereocenters. The summed E-state index contributed by atoms with van der Waals surface area (Å²) in [4.78, 5) is 24.8. The van der Waals surface area contributed by atoms with Crippen molar-refractivity contribution in [1.82, 2.24) is 9.62 Å². The number of nitrogens with zero attached hydrogens (tertiary/aromatic N) is 1. The van der Waals surface area contributed by atoms with Crippen molar-refractivity contribution < 1.29 is 22.7 Å². The number of benzene rings is 2. The molecule has 1 N–H and O–H groups in total. The van der Waals surface area contributed by atoms with Crippen molar-refractivity contribution in [3.8, 4) is 0 Å². The molecule has 0 saturated heterocycles. The molecule has 0 unspecified atom stereocenters. The predicted molar refractivity (Wildman–Crippen MR) is 108 cm³/mol. The minimum absolute atomic E-state index is 0.103. The van der Waals surface area contributed by atoms with Crippen LogP contribution in [0.4, 0.5) is 0 Å². The zero-order valence-electron chi connectivity index (χ0n) is 16.4. The first-order valence-corrected chi connectivity index (χ1v) is 11.1. The van der Waals surface area contributed by atoms with Crippen LogP contribution in [0.15, 0.2) is 54.6 Å². The second-order valence-electron chi connectivity index (χ2n) is 7.10. The maximum absolute atomic E-state index is 12.6. The Morgan fingerprint density at radius 2 is 1.72 bits per heavy atom. The zero-order chi connectivity index (χ0) is 21.0. The summed E-state index contributed by atoms with van der Waals surface area (Å²) in [7, 11) is -3.62. The summed E-state index contributed by atoms with van der Waals surface area (Å²) in [5, 5.41) is 2.76. The summed E-state index contributed by atoms with van der Waals surface area (Å²) in [5.41, 5.74) is 2.69. The molecule has 0 aromatic heterocycles. The highest BCUT2D eigenvalue weighted by Gasteiger charge is 2.38. The fourth-order valence-electron chi connectivity index (χ4n) is 3.39. The van der Waals surface area contributed by atoms with Gasteiger partial charge in [0.2, 0.25) is 10.0 Å². The molecule has 1 amide bonds. The maximum atomic E-state index is 12.6. The van der Waals surface area contributed by atoms with Gasteiger partial charge in [0.05, 0.1) is 12.3 Å². The van der Waals surface area contributed by atoms with Crippen LogP contribution in [-0.2, 0) is 37.3 Å². The van der Waals surface area contributed by atoms with Crippen LogP contribution in [0, 0.1) is 0 Å². The molecule has 0 bridgehead atoms. The van der Waals surface area contributed by atoms with Gasteiger partial charge in [0, 0.05) is 13.0 Å². The summed E-state index contributed by atoms with van der Waals surface area (Å²) in [6.07, 6.45) is 1.28. The van der Waals surface area contributed by atoms with Crippen molar-refractivity contribution in [3.63, 3.8) is 0 Å². The second kappa shape index (κ2) is 8.75. The molecule has 7 nitrogen and oxygen atoms in total. The van der Waals surface area contributed by atoms with Gasteiger partial charge in [-0.3, -0.25) is 9.59 Å². The van der Waals surface area contributed by atoms with Crippen LogP contribution in [0.25, 0.3) is 0 Å². The van der Waals surface area contributed by atoms with Gasteiger partial charge in [-0.2, -0.15) is 4.31 Å². The number of hydrogen-bond acceptors (Lipinski definition) is 5. The van der Waals surface area contributed by atoms with Crippen LogP contribution in [0.1, 0.15) is 29.7 Å². The molecule has 1 heterocycles. The first-order chi connectivity index (χ1) is 13.8. The summed E-state index contributed by atoms with van der Waals surface area (Å²) < 4.78 is 30.7. The Hall–Kier alpha value is -2.71. The van der Waals surface area contributed by atoms with E-state index in [1.807, 2.05) is 61.5 Å². The Bertz CT molecular complexity index is 991. The topological polar surface area (TPSA) is 92.8 Å². The first-order valence-electron chi connectivity index (χ1n) is 9.30. The van der Waals surface area contributed by atoms with Crippen molar-refractivity contribution in [2.45, 2.75) is 32.0 Å². The average Bonchev–Trinajstić information content (AvgIpc) is 2.71. The van der Waals surface area contributed by atoms with Gasteiger partial charge in [0.1, 0.15) is 6.04 Å². The van der Waals surface area contributed by atoms with Gasteiger partial charge in [-0.1, -0.05) is 54.6 Å². The number of rotatable bonds is 6. The fraction of sp³-hybridized carbons (Fsp3) is 0.333. The summed E-state index contributed by atoms with van der Waals surface area (Å²) >= 11 is 0. The van der Waals surface area contributed by atoms with E-state index in [9.17, 15) is 18.0 Å². The molecule has 0 fully saturated rings. The molecule has 8 heteroatoms. The molecule has 3 rings (SSSR count). The van der Waals surface area contributed by atoms with Crippen LogP contribution < -0.4 is 5.32 Å². The number of sulfonamides is 1.